The van der Waals surface area contributed by atoms with E-state index < -0.39 is 0 Å². The zero-order valence-electron chi connectivity index (χ0n) is 8.09. The predicted octanol–water partition coefficient (Wildman–Crippen LogP) is 2.50. The molecule has 0 aliphatic rings. The molecule has 0 aromatic carbocycles. The number of hydrogen-bond donors (Lipinski definition) is 0. The molecule has 0 bridgehead atoms. The van der Waals surface area contributed by atoms with Crippen LogP contribution in [0.4, 0.5) is 0 Å². The maximum atomic E-state index is 11.2. The van der Waals surface area contributed by atoms with Crippen molar-refractivity contribution in [2.24, 2.45) is 0 Å². The van der Waals surface area contributed by atoms with Gasteiger partial charge in [0.25, 0.3) is 0 Å². The van der Waals surface area contributed by atoms with Gasteiger partial charge in [-0.15, -0.1) is 0 Å². The molecule has 2 nitrogen and oxygen atoms in total. The van der Waals surface area contributed by atoms with E-state index in [0.717, 1.165) is 6.42 Å². The van der Waals surface area contributed by atoms with Gasteiger partial charge >= 0.3 is 5.97 Å². The second kappa shape index (κ2) is 5.81. The summed E-state index contributed by atoms with van der Waals surface area (Å²) in [6, 6.07) is 0. The molecule has 1 atom stereocenters. The number of ether oxygens (including phenoxy) is 1. The first-order valence-electron chi connectivity index (χ1n) is 4.28. The molecular formula is C10H17O2. The summed E-state index contributed by atoms with van der Waals surface area (Å²) in [6.45, 7) is 9.25. The van der Waals surface area contributed by atoms with Gasteiger partial charge in [0.15, 0.2) is 0 Å². The first-order valence-corrected chi connectivity index (χ1v) is 4.28. The quantitative estimate of drug-likeness (QED) is 0.477. The lowest BCUT2D eigenvalue weighted by Gasteiger charge is -2.13. The summed E-state index contributed by atoms with van der Waals surface area (Å²) in [6.07, 6.45) is 3.18. The molecule has 12 heavy (non-hydrogen) atoms. The molecule has 0 spiro atoms. The average Bonchev–Trinajstić information content (AvgIpc) is 2.12. The van der Waals surface area contributed by atoms with Crippen LogP contribution in [0.15, 0.2) is 11.6 Å². The summed E-state index contributed by atoms with van der Waals surface area (Å²) < 4.78 is 5.13. The monoisotopic (exact) mass is 169 g/mol. The molecule has 69 valence electrons. The van der Waals surface area contributed by atoms with Gasteiger partial charge in [-0.25, -0.2) is 4.79 Å². The highest BCUT2D eigenvalue weighted by Gasteiger charge is 2.10. The second-order valence-corrected chi connectivity index (χ2v) is 2.70. The van der Waals surface area contributed by atoms with E-state index in [9.17, 15) is 4.79 Å². The van der Waals surface area contributed by atoms with Gasteiger partial charge in [0.05, 0.1) is 0 Å². The summed E-state index contributed by atoms with van der Waals surface area (Å²) in [5, 5.41) is 0. The smallest absolute Gasteiger partial charge is 0.333 e. The van der Waals surface area contributed by atoms with Crippen molar-refractivity contribution in [2.45, 2.75) is 39.7 Å². The summed E-state index contributed by atoms with van der Waals surface area (Å²) in [4.78, 5) is 11.2. The molecule has 2 heteroatoms. The maximum Gasteiger partial charge on any atom is 0.333 e. The van der Waals surface area contributed by atoms with Crippen LogP contribution in [0.3, 0.4) is 0 Å². The lowest BCUT2D eigenvalue weighted by atomic mass is 10.2. The predicted molar refractivity (Wildman–Crippen MR) is 49.6 cm³/mol. The molecular weight excluding hydrogens is 152 g/mol. The fourth-order valence-corrected chi connectivity index (χ4v) is 0.709. The highest BCUT2D eigenvalue weighted by atomic mass is 16.5. The Hall–Kier alpha value is -0.790. The van der Waals surface area contributed by atoms with E-state index in [-0.39, 0.29) is 12.1 Å². The van der Waals surface area contributed by atoms with Gasteiger partial charge < -0.3 is 4.74 Å². The largest absolute Gasteiger partial charge is 0.459 e. The van der Waals surface area contributed by atoms with Crippen LogP contribution in [0.25, 0.3) is 0 Å². The van der Waals surface area contributed by atoms with Crippen molar-refractivity contribution in [1.29, 1.82) is 0 Å². The van der Waals surface area contributed by atoms with Crippen LogP contribution in [0, 0.1) is 6.92 Å². The Bertz CT molecular complexity index is 167. The van der Waals surface area contributed by atoms with Gasteiger partial charge in [0.2, 0.25) is 0 Å². The normalized spacial score (nSPS) is 11.9. The molecule has 0 heterocycles. The number of hydrogen-bond acceptors (Lipinski definition) is 2. The third-order valence-corrected chi connectivity index (χ3v) is 1.81. The molecule has 0 saturated carbocycles. The molecule has 0 aromatic rings. The van der Waals surface area contributed by atoms with Crippen LogP contribution in [0.1, 0.15) is 33.6 Å². The van der Waals surface area contributed by atoms with Crippen molar-refractivity contribution >= 4 is 5.97 Å². The lowest BCUT2D eigenvalue weighted by molar-refractivity contribution is -0.144. The molecule has 0 fully saturated rings. The van der Waals surface area contributed by atoms with Gasteiger partial charge in [-0.3, -0.25) is 0 Å². The van der Waals surface area contributed by atoms with E-state index in [1.165, 1.54) is 0 Å². The van der Waals surface area contributed by atoms with Crippen LogP contribution in [0.5, 0.6) is 0 Å². The average molecular weight is 169 g/mol. The van der Waals surface area contributed by atoms with Crippen LogP contribution < -0.4 is 0 Å². The first kappa shape index (κ1) is 11.2. The van der Waals surface area contributed by atoms with Crippen molar-refractivity contribution < 1.29 is 9.53 Å². The summed E-state index contributed by atoms with van der Waals surface area (Å²) >= 11 is 0. The Kier molecular flexibility index (Phi) is 5.43. The Balaban J connectivity index is 3.98. The van der Waals surface area contributed by atoms with E-state index in [0.29, 0.717) is 12.0 Å². The molecule has 0 saturated heterocycles. The molecule has 0 rings (SSSR count). The van der Waals surface area contributed by atoms with Crippen molar-refractivity contribution in [3.8, 4) is 0 Å². The Labute approximate surface area is 74.6 Å². The van der Waals surface area contributed by atoms with Gasteiger partial charge in [-0.2, -0.15) is 0 Å². The molecule has 0 aliphatic heterocycles. The number of carbonyl (C=O) groups is 1. The molecule has 0 N–H and O–H groups in total. The lowest BCUT2D eigenvalue weighted by Crippen LogP contribution is -2.16. The van der Waals surface area contributed by atoms with Crippen LogP contribution >= 0.6 is 0 Å². The van der Waals surface area contributed by atoms with E-state index in [4.69, 9.17) is 4.74 Å². The summed E-state index contributed by atoms with van der Waals surface area (Å²) in [5.74, 6) is -0.229. The van der Waals surface area contributed by atoms with Gasteiger partial charge in [-0.05, 0) is 33.6 Å². The fraction of sp³-hybridized carbons (Fsp3) is 0.600. The fourth-order valence-electron chi connectivity index (χ4n) is 0.709. The zero-order valence-corrected chi connectivity index (χ0v) is 8.09. The molecule has 1 unspecified atom stereocenters. The van der Waals surface area contributed by atoms with Crippen LogP contribution in [-0.2, 0) is 9.53 Å². The van der Waals surface area contributed by atoms with Crippen molar-refractivity contribution in [3.63, 3.8) is 0 Å². The maximum absolute atomic E-state index is 11.2. The van der Waals surface area contributed by atoms with E-state index in [1.54, 1.807) is 13.0 Å². The van der Waals surface area contributed by atoms with Crippen LogP contribution in [0.2, 0.25) is 0 Å². The second-order valence-electron chi connectivity index (χ2n) is 2.70. The molecule has 0 aliphatic carbocycles. The van der Waals surface area contributed by atoms with Gasteiger partial charge in [0, 0.05) is 5.57 Å². The number of rotatable bonds is 4. The van der Waals surface area contributed by atoms with E-state index >= 15 is 0 Å². The van der Waals surface area contributed by atoms with Gasteiger partial charge in [-0.1, -0.05) is 13.0 Å². The van der Waals surface area contributed by atoms with Gasteiger partial charge in [0.1, 0.15) is 6.10 Å². The van der Waals surface area contributed by atoms with Crippen molar-refractivity contribution in [2.75, 3.05) is 0 Å². The topological polar surface area (TPSA) is 26.3 Å². The third kappa shape index (κ3) is 3.56. The van der Waals surface area contributed by atoms with Crippen molar-refractivity contribution in [3.05, 3.63) is 18.6 Å². The number of esters is 1. The highest BCUT2D eigenvalue weighted by molar-refractivity contribution is 5.87. The van der Waals surface area contributed by atoms with Crippen LogP contribution in [-0.4, -0.2) is 12.1 Å². The minimum atomic E-state index is -0.229. The minimum absolute atomic E-state index is 0.0348. The van der Waals surface area contributed by atoms with E-state index in [1.807, 2.05) is 13.8 Å². The Morgan fingerprint density at radius 3 is 2.58 bits per heavy atom. The summed E-state index contributed by atoms with van der Waals surface area (Å²) in [7, 11) is 0. The number of allylic oxidation sites excluding steroid dienone is 1. The molecule has 0 amide bonds. The third-order valence-electron chi connectivity index (χ3n) is 1.81. The Morgan fingerprint density at radius 1 is 1.67 bits per heavy atom. The molecule has 1 radical (unpaired) electrons. The zero-order chi connectivity index (χ0) is 9.56. The SMILES string of the molecule is [CH2]CC(CC)OC(=O)C(C)=CC. The molecule has 0 aromatic heterocycles. The Morgan fingerprint density at radius 2 is 2.25 bits per heavy atom. The summed E-state index contributed by atoms with van der Waals surface area (Å²) in [5.41, 5.74) is 0.655. The minimum Gasteiger partial charge on any atom is -0.459 e. The van der Waals surface area contributed by atoms with Crippen molar-refractivity contribution in [1.82, 2.24) is 0 Å². The van der Waals surface area contributed by atoms with E-state index in [2.05, 4.69) is 6.92 Å². The highest BCUT2D eigenvalue weighted by Crippen LogP contribution is 2.06. The first-order chi connectivity index (χ1) is 5.65. The standard InChI is InChI=1S/C10H17O2/c1-5-8(4)10(11)12-9(6-2)7-3/h5,9H,2,6-7H2,1,3-4H3. The number of carbonyl (C=O) groups excluding carboxylic acids is 1.